The van der Waals surface area contributed by atoms with Crippen molar-refractivity contribution < 1.29 is 9.53 Å². The average Bonchev–Trinajstić information content (AvgIpc) is 2.74. The third-order valence-electron chi connectivity index (χ3n) is 6.48. The molecule has 3 aliphatic rings. The van der Waals surface area contributed by atoms with Crippen molar-refractivity contribution in [3.63, 3.8) is 0 Å². The van der Waals surface area contributed by atoms with Crippen molar-refractivity contribution in [3.05, 3.63) is 95.1 Å². The van der Waals surface area contributed by atoms with Crippen LogP contribution < -0.4 is 10.1 Å². The van der Waals surface area contributed by atoms with Crippen LogP contribution in [-0.4, -0.2) is 13.0 Å². The SMILES string of the molecule is COc1cccc(NC(=O)C2(C)CC3c4ccccc4C2c2ccccc23)c1. The number of hydrogen-bond acceptors (Lipinski definition) is 2. The van der Waals surface area contributed by atoms with Gasteiger partial charge in [0.15, 0.2) is 0 Å². The first-order valence-electron chi connectivity index (χ1n) is 9.75. The molecule has 1 amide bonds. The van der Waals surface area contributed by atoms with Gasteiger partial charge in [0.1, 0.15) is 5.75 Å². The maximum Gasteiger partial charge on any atom is 0.231 e. The van der Waals surface area contributed by atoms with Gasteiger partial charge in [-0.2, -0.15) is 0 Å². The Morgan fingerprint density at radius 3 is 2.14 bits per heavy atom. The van der Waals surface area contributed by atoms with Gasteiger partial charge < -0.3 is 10.1 Å². The molecule has 0 heterocycles. The predicted octanol–water partition coefficient (Wildman–Crippen LogP) is 5.32. The molecule has 28 heavy (non-hydrogen) atoms. The zero-order valence-corrected chi connectivity index (χ0v) is 16.1. The molecule has 0 aliphatic heterocycles. The summed E-state index contributed by atoms with van der Waals surface area (Å²) in [6, 6.07) is 24.8. The van der Waals surface area contributed by atoms with E-state index >= 15 is 0 Å². The van der Waals surface area contributed by atoms with Crippen molar-refractivity contribution in [3.8, 4) is 5.75 Å². The van der Waals surface area contributed by atoms with Gasteiger partial charge in [0, 0.05) is 23.6 Å². The van der Waals surface area contributed by atoms with Gasteiger partial charge in [-0.15, -0.1) is 0 Å². The Kier molecular flexibility index (Phi) is 3.80. The highest BCUT2D eigenvalue weighted by Crippen LogP contribution is 2.61. The van der Waals surface area contributed by atoms with E-state index in [0.717, 1.165) is 17.9 Å². The topological polar surface area (TPSA) is 38.3 Å². The quantitative estimate of drug-likeness (QED) is 0.678. The Morgan fingerprint density at radius 2 is 1.54 bits per heavy atom. The molecule has 3 aromatic rings. The van der Waals surface area contributed by atoms with Crippen LogP contribution in [0.1, 0.15) is 47.4 Å². The number of amides is 1. The number of rotatable bonds is 3. The molecule has 0 aromatic heterocycles. The van der Waals surface area contributed by atoms with Crippen LogP contribution in [0.15, 0.2) is 72.8 Å². The van der Waals surface area contributed by atoms with Crippen molar-refractivity contribution in [1.82, 2.24) is 0 Å². The third-order valence-corrected chi connectivity index (χ3v) is 6.48. The highest BCUT2D eigenvalue weighted by atomic mass is 16.5. The molecule has 2 bridgehead atoms. The summed E-state index contributed by atoms with van der Waals surface area (Å²) in [5.74, 6) is 1.14. The minimum atomic E-state index is -0.504. The smallest absolute Gasteiger partial charge is 0.231 e. The number of carbonyl (C=O) groups is 1. The Hall–Kier alpha value is -3.07. The molecule has 1 unspecified atom stereocenters. The molecule has 140 valence electrons. The first kappa shape index (κ1) is 17.1. The summed E-state index contributed by atoms with van der Waals surface area (Å²) in [7, 11) is 1.64. The summed E-state index contributed by atoms with van der Waals surface area (Å²) >= 11 is 0. The average molecular weight is 369 g/mol. The maximum absolute atomic E-state index is 13.5. The molecule has 3 aromatic carbocycles. The predicted molar refractivity (Wildman–Crippen MR) is 111 cm³/mol. The number of fused-ring (bicyclic) bond motifs is 1. The summed E-state index contributed by atoms with van der Waals surface area (Å²) in [6.07, 6.45) is 0.821. The minimum Gasteiger partial charge on any atom is -0.497 e. The molecule has 0 radical (unpaired) electrons. The molecular weight excluding hydrogens is 346 g/mol. The van der Waals surface area contributed by atoms with E-state index in [0.29, 0.717) is 0 Å². The van der Waals surface area contributed by atoms with Crippen molar-refractivity contribution in [2.24, 2.45) is 5.41 Å². The lowest BCUT2D eigenvalue weighted by Crippen LogP contribution is -2.47. The molecule has 3 heteroatoms. The standard InChI is InChI=1S/C25H23NO2/c1-25(24(27)26-16-8-7-9-17(14-16)28-2)15-22-18-10-3-5-12-20(18)23(25)21-13-6-4-11-19(21)22/h3-14,22-23H,15H2,1-2H3,(H,26,27). The van der Waals surface area contributed by atoms with Crippen LogP contribution in [0, 0.1) is 5.41 Å². The van der Waals surface area contributed by atoms with E-state index in [4.69, 9.17) is 4.74 Å². The minimum absolute atomic E-state index is 0.0653. The summed E-state index contributed by atoms with van der Waals surface area (Å²) < 4.78 is 5.30. The molecule has 0 spiro atoms. The molecule has 0 saturated heterocycles. The van der Waals surface area contributed by atoms with Gasteiger partial charge in [-0.1, -0.05) is 54.6 Å². The van der Waals surface area contributed by atoms with Crippen molar-refractivity contribution in [2.75, 3.05) is 12.4 Å². The second-order valence-electron chi connectivity index (χ2n) is 8.05. The van der Waals surface area contributed by atoms with E-state index in [1.807, 2.05) is 24.3 Å². The molecular formula is C25H23NO2. The van der Waals surface area contributed by atoms with Gasteiger partial charge in [-0.05, 0) is 47.7 Å². The number of hydrogen-bond donors (Lipinski definition) is 1. The Morgan fingerprint density at radius 1 is 0.929 bits per heavy atom. The number of methoxy groups -OCH3 is 1. The van der Waals surface area contributed by atoms with Crippen molar-refractivity contribution in [1.29, 1.82) is 0 Å². The number of carbonyl (C=O) groups excluding carboxylic acids is 1. The monoisotopic (exact) mass is 369 g/mol. The Balaban J connectivity index is 1.58. The number of nitrogens with one attached hydrogen (secondary N) is 1. The molecule has 3 nitrogen and oxygen atoms in total. The second kappa shape index (κ2) is 6.23. The lowest BCUT2D eigenvalue weighted by Gasteiger charge is -2.50. The van der Waals surface area contributed by atoms with Crippen LogP contribution in [-0.2, 0) is 4.79 Å². The first-order valence-corrected chi connectivity index (χ1v) is 9.75. The lowest BCUT2D eigenvalue weighted by molar-refractivity contribution is -0.126. The fourth-order valence-corrected chi connectivity index (χ4v) is 5.16. The normalized spacial score (nSPS) is 24.2. The summed E-state index contributed by atoms with van der Waals surface area (Å²) in [5, 5.41) is 3.15. The fourth-order valence-electron chi connectivity index (χ4n) is 5.16. The molecule has 6 rings (SSSR count). The molecule has 1 N–H and O–H groups in total. The zero-order valence-electron chi connectivity index (χ0n) is 16.1. The van der Waals surface area contributed by atoms with E-state index in [-0.39, 0.29) is 17.7 Å². The molecule has 3 aliphatic carbocycles. The van der Waals surface area contributed by atoms with Gasteiger partial charge in [0.2, 0.25) is 5.91 Å². The van der Waals surface area contributed by atoms with Gasteiger partial charge >= 0.3 is 0 Å². The van der Waals surface area contributed by atoms with Crippen molar-refractivity contribution in [2.45, 2.75) is 25.2 Å². The molecule has 0 saturated carbocycles. The van der Waals surface area contributed by atoms with Crippen LogP contribution in [0.25, 0.3) is 0 Å². The van der Waals surface area contributed by atoms with Crippen molar-refractivity contribution >= 4 is 11.6 Å². The summed E-state index contributed by atoms with van der Waals surface area (Å²) in [6.45, 7) is 2.12. The summed E-state index contributed by atoms with van der Waals surface area (Å²) in [5.41, 5.74) is 5.60. The van der Waals surface area contributed by atoms with Crippen LogP contribution >= 0.6 is 0 Å². The molecule has 1 atom stereocenters. The number of anilines is 1. The highest BCUT2D eigenvalue weighted by molar-refractivity contribution is 5.97. The Labute approximate surface area is 165 Å². The maximum atomic E-state index is 13.5. The van der Waals surface area contributed by atoms with E-state index in [9.17, 15) is 4.79 Å². The van der Waals surface area contributed by atoms with Crippen LogP contribution in [0.3, 0.4) is 0 Å². The lowest BCUT2D eigenvalue weighted by atomic mass is 9.52. The zero-order chi connectivity index (χ0) is 19.3. The van der Waals surface area contributed by atoms with E-state index in [2.05, 4.69) is 60.8 Å². The van der Waals surface area contributed by atoms with Crippen LogP contribution in [0.4, 0.5) is 5.69 Å². The van der Waals surface area contributed by atoms with E-state index in [1.54, 1.807) is 7.11 Å². The number of benzene rings is 3. The molecule has 0 fully saturated rings. The summed E-state index contributed by atoms with van der Waals surface area (Å²) in [4.78, 5) is 13.5. The highest BCUT2D eigenvalue weighted by Gasteiger charge is 2.53. The second-order valence-corrected chi connectivity index (χ2v) is 8.05. The van der Waals surface area contributed by atoms with Gasteiger partial charge in [0.05, 0.1) is 12.5 Å². The van der Waals surface area contributed by atoms with Crippen LogP contribution in [0.5, 0.6) is 5.75 Å². The van der Waals surface area contributed by atoms with Gasteiger partial charge in [-0.25, -0.2) is 0 Å². The number of ether oxygens (including phenoxy) is 1. The van der Waals surface area contributed by atoms with Gasteiger partial charge in [-0.3, -0.25) is 4.79 Å². The third kappa shape index (κ3) is 2.39. The van der Waals surface area contributed by atoms with E-state index < -0.39 is 5.41 Å². The first-order chi connectivity index (χ1) is 13.6. The van der Waals surface area contributed by atoms with E-state index in [1.165, 1.54) is 22.3 Å². The fraction of sp³-hybridized carbons (Fsp3) is 0.240. The largest absolute Gasteiger partial charge is 0.497 e. The van der Waals surface area contributed by atoms with Gasteiger partial charge in [0.25, 0.3) is 0 Å². The van der Waals surface area contributed by atoms with Crippen LogP contribution in [0.2, 0.25) is 0 Å². The Bertz CT molecular complexity index is 1030.